The van der Waals surface area contributed by atoms with Gasteiger partial charge in [-0.1, -0.05) is 18.2 Å². The number of barbiturate groups is 1. The van der Waals surface area contributed by atoms with Crippen LogP contribution in [-0.4, -0.2) is 38.0 Å². The smallest absolute Gasteiger partial charge is 0.343 e. The number of carbonyl (C=O) groups excluding carboxylic acids is 4. The van der Waals surface area contributed by atoms with Crippen LogP contribution >= 0.6 is 0 Å². The molecule has 0 spiro atoms. The van der Waals surface area contributed by atoms with Crippen molar-refractivity contribution >= 4 is 35.6 Å². The molecular weight excluding hydrogens is 464 g/mol. The Kier molecular flexibility index (Phi) is 6.82. The normalized spacial score (nSPS) is 14.5. The molecule has 1 heterocycles. The van der Waals surface area contributed by atoms with E-state index in [0.717, 1.165) is 10.5 Å². The maximum absolute atomic E-state index is 13.1. The summed E-state index contributed by atoms with van der Waals surface area (Å²) in [5.74, 6) is -1.22. The molecule has 9 heteroatoms. The highest BCUT2D eigenvalue weighted by Crippen LogP contribution is 2.31. The van der Waals surface area contributed by atoms with Crippen molar-refractivity contribution in [2.24, 2.45) is 0 Å². The molecule has 0 unspecified atom stereocenters. The molecule has 1 saturated heterocycles. The number of esters is 1. The molecule has 3 aromatic rings. The van der Waals surface area contributed by atoms with E-state index in [-0.39, 0.29) is 17.1 Å². The molecule has 1 aliphatic heterocycles. The van der Waals surface area contributed by atoms with E-state index < -0.39 is 23.8 Å². The average Bonchev–Trinajstić information content (AvgIpc) is 2.87. The third-order valence-electron chi connectivity index (χ3n) is 5.39. The Morgan fingerprint density at radius 2 is 1.64 bits per heavy atom. The van der Waals surface area contributed by atoms with E-state index >= 15 is 0 Å². The number of nitrogens with zero attached hydrogens (tertiary/aromatic N) is 1. The first-order chi connectivity index (χ1) is 17.3. The molecule has 0 aliphatic carbocycles. The maximum atomic E-state index is 13.1. The van der Waals surface area contributed by atoms with Crippen molar-refractivity contribution in [1.29, 1.82) is 0 Å². The van der Waals surface area contributed by atoms with Crippen molar-refractivity contribution in [2.75, 3.05) is 19.1 Å². The van der Waals surface area contributed by atoms with Gasteiger partial charge in [-0.2, -0.15) is 0 Å². The van der Waals surface area contributed by atoms with Gasteiger partial charge in [0.1, 0.15) is 11.3 Å². The molecule has 1 N–H and O–H groups in total. The monoisotopic (exact) mass is 486 g/mol. The van der Waals surface area contributed by atoms with E-state index in [1.807, 2.05) is 13.0 Å². The van der Waals surface area contributed by atoms with Crippen molar-refractivity contribution in [2.45, 2.75) is 6.92 Å². The van der Waals surface area contributed by atoms with Crippen molar-refractivity contribution in [1.82, 2.24) is 5.32 Å². The zero-order valence-electron chi connectivity index (χ0n) is 19.7. The number of rotatable bonds is 6. The number of anilines is 1. The molecule has 4 rings (SSSR count). The topological polar surface area (TPSA) is 111 Å². The number of aryl methyl sites for hydroxylation is 1. The molecule has 0 radical (unpaired) electrons. The highest BCUT2D eigenvalue weighted by Gasteiger charge is 2.36. The second-order valence-electron chi connectivity index (χ2n) is 7.83. The Morgan fingerprint density at radius 3 is 2.31 bits per heavy atom. The van der Waals surface area contributed by atoms with Gasteiger partial charge in [0, 0.05) is 0 Å². The molecule has 9 nitrogen and oxygen atoms in total. The third-order valence-corrected chi connectivity index (χ3v) is 5.39. The largest absolute Gasteiger partial charge is 0.497 e. The van der Waals surface area contributed by atoms with Gasteiger partial charge in [-0.25, -0.2) is 14.5 Å². The number of carbonyl (C=O) groups is 4. The van der Waals surface area contributed by atoms with Crippen molar-refractivity contribution in [3.8, 4) is 17.2 Å². The summed E-state index contributed by atoms with van der Waals surface area (Å²) in [6.07, 6.45) is 1.34. The second-order valence-corrected chi connectivity index (χ2v) is 7.83. The van der Waals surface area contributed by atoms with Crippen LogP contribution < -0.4 is 24.4 Å². The Bertz CT molecular complexity index is 1390. The van der Waals surface area contributed by atoms with E-state index in [0.29, 0.717) is 22.6 Å². The number of hydrogen-bond acceptors (Lipinski definition) is 7. The van der Waals surface area contributed by atoms with Gasteiger partial charge in [-0.05, 0) is 72.7 Å². The lowest BCUT2D eigenvalue weighted by molar-refractivity contribution is -0.122. The van der Waals surface area contributed by atoms with Crippen LogP contribution in [0.5, 0.6) is 17.2 Å². The number of imide groups is 2. The zero-order chi connectivity index (χ0) is 25.8. The van der Waals surface area contributed by atoms with Crippen LogP contribution in [0.15, 0.2) is 72.3 Å². The number of nitrogens with one attached hydrogen (secondary N) is 1. The van der Waals surface area contributed by atoms with Crippen LogP contribution in [0, 0.1) is 6.92 Å². The summed E-state index contributed by atoms with van der Waals surface area (Å²) in [6, 6.07) is 17.0. The molecule has 4 amide bonds. The quantitative estimate of drug-likeness (QED) is 0.243. The lowest BCUT2D eigenvalue weighted by Gasteiger charge is -2.26. The number of urea groups is 1. The van der Waals surface area contributed by atoms with E-state index in [1.165, 1.54) is 32.4 Å². The second kappa shape index (κ2) is 10.1. The number of benzene rings is 3. The molecule has 3 aromatic carbocycles. The highest BCUT2D eigenvalue weighted by atomic mass is 16.6. The lowest BCUT2D eigenvalue weighted by Crippen LogP contribution is -2.54. The fourth-order valence-corrected chi connectivity index (χ4v) is 3.57. The minimum Gasteiger partial charge on any atom is -0.497 e. The summed E-state index contributed by atoms with van der Waals surface area (Å²) >= 11 is 0. The van der Waals surface area contributed by atoms with Crippen molar-refractivity contribution < 1.29 is 33.4 Å². The molecular formula is C27H22N2O7. The van der Waals surface area contributed by atoms with Crippen LogP contribution in [0.25, 0.3) is 6.08 Å². The molecule has 182 valence electrons. The fourth-order valence-electron chi connectivity index (χ4n) is 3.57. The van der Waals surface area contributed by atoms with Crippen LogP contribution in [0.4, 0.5) is 10.5 Å². The molecule has 0 atom stereocenters. The number of ether oxygens (including phenoxy) is 3. The Hall–Kier alpha value is -4.92. The van der Waals surface area contributed by atoms with Crippen molar-refractivity contribution in [3.05, 3.63) is 89.0 Å². The number of methoxy groups -OCH3 is 2. The molecule has 1 fully saturated rings. The highest BCUT2D eigenvalue weighted by molar-refractivity contribution is 6.39. The first kappa shape index (κ1) is 24.2. The van der Waals surface area contributed by atoms with E-state index in [1.54, 1.807) is 48.5 Å². The van der Waals surface area contributed by atoms with Crippen LogP contribution in [0.1, 0.15) is 21.5 Å². The van der Waals surface area contributed by atoms with Gasteiger partial charge in [-0.3, -0.25) is 14.9 Å². The number of amides is 4. The lowest BCUT2D eigenvalue weighted by atomic mass is 10.1. The van der Waals surface area contributed by atoms with Crippen molar-refractivity contribution in [3.63, 3.8) is 0 Å². The van der Waals surface area contributed by atoms with Gasteiger partial charge in [-0.15, -0.1) is 0 Å². The minimum absolute atomic E-state index is 0.149. The average molecular weight is 486 g/mol. The predicted molar refractivity (Wildman–Crippen MR) is 131 cm³/mol. The van der Waals surface area contributed by atoms with E-state index in [9.17, 15) is 19.2 Å². The summed E-state index contributed by atoms with van der Waals surface area (Å²) in [7, 11) is 2.92. The fraction of sp³-hybridized carbons (Fsp3) is 0.111. The van der Waals surface area contributed by atoms with Gasteiger partial charge in [0.25, 0.3) is 11.8 Å². The van der Waals surface area contributed by atoms with Gasteiger partial charge >= 0.3 is 12.0 Å². The van der Waals surface area contributed by atoms with Gasteiger partial charge in [0.15, 0.2) is 11.5 Å². The zero-order valence-corrected chi connectivity index (χ0v) is 19.7. The van der Waals surface area contributed by atoms with Gasteiger partial charge in [0.2, 0.25) is 0 Å². The minimum atomic E-state index is -0.828. The summed E-state index contributed by atoms with van der Waals surface area (Å²) < 4.78 is 15.9. The molecule has 1 aliphatic rings. The number of hydrogen-bond donors (Lipinski definition) is 1. The van der Waals surface area contributed by atoms with E-state index in [2.05, 4.69) is 5.32 Å². The van der Waals surface area contributed by atoms with Gasteiger partial charge < -0.3 is 14.2 Å². The van der Waals surface area contributed by atoms with Gasteiger partial charge in [0.05, 0.1) is 25.5 Å². The first-order valence-corrected chi connectivity index (χ1v) is 10.8. The summed E-state index contributed by atoms with van der Waals surface area (Å²) in [4.78, 5) is 51.4. The van der Waals surface area contributed by atoms with E-state index in [4.69, 9.17) is 14.2 Å². The Morgan fingerprint density at radius 1 is 0.889 bits per heavy atom. The van der Waals surface area contributed by atoms with Crippen LogP contribution in [-0.2, 0) is 9.59 Å². The van der Waals surface area contributed by atoms with Crippen LogP contribution in [0.3, 0.4) is 0 Å². The Balaban J connectivity index is 1.60. The standard InChI is InChI=1S/C27H22N2O7/c1-16-5-4-6-19(13-16)29-25(31)21(24(30)28-27(29)33)14-17-7-12-22(23(15-17)35-3)36-26(32)18-8-10-20(34-2)11-9-18/h4-15H,1-3H3,(H,28,30,33)/b21-14+. The molecule has 0 bridgehead atoms. The SMILES string of the molecule is COc1ccc(C(=O)Oc2ccc(/C=C3\C(=O)NC(=O)N(c4cccc(C)c4)C3=O)cc2OC)cc1. The molecule has 36 heavy (non-hydrogen) atoms. The van der Waals surface area contributed by atoms with Crippen LogP contribution in [0.2, 0.25) is 0 Å². The maximum Gasteiger partial charge on any atom is 0.343 e. The predicted octanol–water partition coefficient (Wildman–Crippen LogP) is 3.90. The summed E-state index contributed by atoms with van der Waals surface area (Å²) in [5.41, 5.74) is 1.69. The third kappa shape index (κ3) is 4.95. The summed E-state index contributed by atoms with van der Waals surface area (Å²) in [5, 5.41) is 2.19. The Labute approximate surface area is 206 Å². The molecule has 0 aromatic heterocycles. The molecule has 0 saturated carbocycles. The summed E-state index contributed by atoms with van der Waals surface area (Å²) in [6.45, 7) is 1.83. The first-order valence-electron chi connectivity index (χ1n) is 10.8.